The fraction of sp³-hybridized carbons (Fsp3) is 0.368. The second kappa shape index (κ2) is 7.77. The van der Waals surface area contributed by atoms with Crippen molar-refractivity contribution in [3.8, 4) is 11.5 Å². The van der Waals surface area contributed by atoms with Crippen molar-refractivity contribution >= 4 is 22.4 Å². The van der Waals surface area contributed by atoms with Gasteiger partial charge in [-0.05, 0) is 48.9 Å². The predicted octanol–water partition coefficient (Wildman–Crippen LogP) is 2.10. The highest BCUT2D eigenvalue weighted by Gasteiger charge is 2.52. The molecule has 146 valence electrons. The van der Waals surface area contributed by atoms with Crippen LogP contribution in [0, 0.1) is 11.3 Å². The summed E-state index contributed by atoms with van der Waals surface area (Å²) in [5.74, 6) is 1.44. The number of hydrogen-bond acceptors (Lipinski definition) is 5. The molecule has 0 spiro atoms. The van der Waals surface area contributed by atoms with E-state index in [-0.39, 0.29) is 35.2 Å². The van der Waals surface area contributed by atoms with Crippen LogP contribution in [0.3, 0.4) is 0 Å². The summed E-state index contributed by atoms with van der Waals surface area (Å²) in [4.78, 5) is 0.249. The Labute approximate surface area is 165 Å². The number of nitrogens with one attached hydrogen (secondary N) is 1. The minimum Gasteiger partial charge on any atom is -0.457 e. The number of benzene rings is 2. The van der Waals surface area contributed by atoms with Gasteiger partial charge >= 0.3 is 0 Å². The summed E-state index contributed by atoms with van der Waals surface area (Å²) in [7, 11) is -3.58. The van der Waals surface area contributed by atoms with Crippen LogP contribution in [0.1, 0.15) is 0 Å². The van der Waals surface area contributed by atoms with Gasteiger partial charge in [-0.25, -0.2) is 8.42 Å². The molecule has 2 aromatic carbocycles. The van der Waals surface area contributed by atoms with Crippen LogP contribution in [0.2, 0.25) is 0 Å². The first-order valence-electron chi connectivity index (χ1n) is 8.68. The number of hydrogen-bond donors (Lipinski definition) is 2. The minimum absolute atomic E-state index is 0. The lowest BCUT2D eigenvalue weighted by Crippen LogP contribution is -2.37. The molecule has 0 radical (unpaired) electrons. The quantitative estimate of drug-likeness (QED) is 0.789. The van der Waals surface area contributed by atoms with Crippen molar-refractivity contribution in [2.75, 3.05) is 32.8 Å². The molecule has 0 aliphatic carbocycles. The third kappa shape index (κ3) is 3.70. The Balaban J connectivity index is 0.00000210. The van der Waals surface area contributed by atoms with Crippen molar-refractivity contribution in [3.05, 3.63) is 54.6 Å². The standard InChI is InChI=1S/C19H22N2O4S.ClH/c22-14-19-12-20-10-15(19)11-21(13-19)26(23,24)18-8-6-17(7-9-18)25-16-4-2-1-3-5-16;/h1-9,15,20,22H,10-14H2;1H. The Hall–Kier alpha value is -1.64. The van der Waals surface area contributed by atoms with Crippen molar-refractivity contribution in [2.45, 2.75) is 4.90 Å². The van der Waals surface area contributed by atoms with Crippen LogP contribution < -0.4 is 10.1 Å². The average molecular weight is 411 g/mol. The second-order valence-electron chi connectivity index (χ2n) is 7.03. The van der Waals surface area contributed by atoms with E-state index in [0.29, 0.717) is 31.1 Å². The normalized spacial score (nSPS) is 25.0. The largest absolute Gasteiger partial charge is 0.457 e. The Morgan fingerprint density at radius 1 is 1.11 bits per heavy atom. The van der Waals surface area contributed by atoms with E-state index in [1.807, 2.05) is 30.3 Å². The van der Waals surface area contributed by atoms with Gasteiger partial charge in [0, 0.05) is 25.0 Å². The van der Waals surface area contributed by atoms with E-state index < -0.39 is 10.0 Å². The summed E-state index contributed by atoms with van der Waals surface area (Å²) in [5, 5.41) is 13.0. The lowest BCUT2D eigenvalue weighted by atomic mass is 9.82. The molecule has 2 N–H and O–H groups in total. The fourth-order valence-electron chi connectivity index (χ4n) is 3.83. The number of aliphatic hydroxyl groups is 1. The highest BCUT2D eigenvalue weighted by Crippen LogP contribution is 2.40. The number of sulfonamides is 1. The molecule has 2 saturated heterocycles. The molecule has 0 saturated carbocycles. The molecule has 2 heterocycles. The van der Waals surface area contributed by atoms with E-state index in [1.165, 1.54) is 4.31 Å². The van der Waals surface area contributed by atoms with Crippen LogP contribution in [0.25, 0.3) is 0 Å². The van der Waals surface area contributed by atoms with Gasteiger partial charge in [0.25, 0.3) is 0 Å². The fourth-order valence-corrected chi connectivity index (χ4v) is 5.41. The highest BCUT2D eigenvalue weighted by molar-refractivity contribution is 7.89. The van der Waals surface area contributed by atoms with Crippen molar-refractivity contribution in [2.24, 2.45) is 11.3 Å². The topological polar surface area (TPSA) is 78.9 Å². The van der Waals surface area contributed by atoms with Gasteiger partial charge in [0.15, 0.2) is 0 Å². The van der Waals surface area contributed by atoms with Crippen molar-refractivity contribution in [3.63, 3.8) is 0 Å². The first kappa shape index (κ1) is 20.1. The number of fused-ring (bicyclic) bond motifs is 1. The number of rotatable bonds is 5. The predicted molar refractivity (Wildman–Crippen MR) is 105 cm³/mol. The summed E-state index contributed by atoms with van der Waals surface area (Å²) >= 11 is 0. The third-order valence-corrected chi connectivity index (χ3v) is 7.23. The molecule has 2 atom stereocenters. The van der Waals surface area contributed by atoms with E-state index in [2.05, 4.69) is 5.32 Å². The van der Waals surface area contributed by atoms with Crippen LogP contribution in [-0.4, -0.2) is 50.6 Å². The molecule has 2 unspecified atom stereocenters. The molecule has 27 heavy (non-hydrogen) atoms. The van der Waals surface area contributed by atoms with Crippen LogP contribution >= 0.6 is 12.4 Å². The zero-order valence-corrected chi connectivity index (χ0v) is 16.4. The molecular formula is C19H23ClN2O4S. The number of aliphatic hydroxyl groups excluding tert-OH is 1. The maximum absolute atomic E-state index is 13.0. The molecule has 6 nitrogen and oxygen atoms in total. The van der Waals surface area contributed by atoms with Crippen molar-refractivity contribution < 1.29 is 18.3 Å². The monoisotopic (exact) mass is 410 g/mol. The van der Waals surface area contributed by atoms with Gasteiger partial charge in [0.1, 0.15) is 11.5 Å². The van der Waals surface area contributed by atoms with Gasteiger partial charge in [-0.3, -0.25) is 0 Å². The Morgan fingerprint density at radius 2 is 1.78 bits per heavy atom. The molecule has 2 aliphatic heterocycles. The van der Waals surface area contributed by atoms with Gasteiger partial charge in [0.05, 0.1) is 11.5 Å². The highest BCUT2D eigenvalue weighted by atomic mass is 35.5. The summed E-state index contributed by atoms with van der Waals surface area (Å²) in [6.45, 7) is 2.20. The molecule has 2 aliphatic rings. The van der Waals surface area contributed by atoms with Gasteiger partial charge in [0.2, 0.25) is 10.0 Å². The van der Waals surface area contributed by atoms with Crippen LogP contribution in [0.5, 0.6) is 11.5 Å². The van der Waals surface area contributed by atoms with E-state index in [0.717, 1.165) is 6.54 Å². The average Bonchev–Trinajstić information content (AvgIpc) is 3.21. The summed E-state index contributed by atoms with van der Waals surface area (Å²) < 4.78 is 33.2. The van der Waals surface area contributed by atoms with E-state index in [4.69, 9.17) is 4.74 Å². The van der Waals surface area contributed by atoms with Gasteiger partial charge in [-0.2, -0.15) is 4.31 Å². The van der Waals surface area contributed by atoms with E-state index in [1.54, 1.807) is 24.3 Å². The first-order chi connectivity index (χ1) is 12.5. The maximum atomic E-state index is 13.0. The lowest BCUT2D eigenvalue weighted by molar-refractivity contribution is 0.130. The van der Waals surface area contributed by atoms with Gasteiger partial charge in [-0.1, -0.05) is 18.2 Å². The van der Waals surface area contributed by atoms with Crippen molar-refractivity contribution in [1.29, 1.82) is 0 Å². The number of para-hydroxylation sites is 1. The van der Waals surface area contributed by atoms with Crippen LogP contribution in [-0.2, 0) is 10.0 Å². The molecule has 0 aromatic heterocycles. The van der Waals surface area contributed by atoms with E-state index >= 15 is 0 Å². The maximum Gasteiger partial charge on any atom is 0.243 e. The van der Waals surface area contributed by atoms with Gasteiger partial charge in [-0.15, -0.1) is 12.4 Å². The number of ether oxygens (including phenoxy) is 1. The van der Waals surface area contributed by atoms with Crippen LogP contribution in [0.4, 0.5) is 0 Å². The summed E-state index contributed by atoms with van der Waals surface area (Å²) in [6, 6.07) is 15.8. The summed E-state index contributed by atoms with van der Waals surface area (Å²) in [5.41, 5.74) is -0.358. The first-order valence-corrected chi connectivity index (χ1v) is 10.1. The molecule has 2 fully saturated rings. The molecule has 0 amide bonds. The summed E-state index contributed by atoms with van der Waals surface area (Å²) in [6.07, 6.45) is 0. The number of nitrogens with zero attached hydrogens (tertiary/aromatic N) is 1. The Morgan fingerprint density at radius 3 is 2.41 bits per heavy atom. The molecule has 4 rings (SSSR count). The smallest absolute Gasteiger partial charge is 0.243 e. The zero-order chi connectivity index (χ0) is 18.2. The zero-order valence-electron chi connectivity index (χ0n) is 14.7. The van der Waals surface area contributed by atoms with Crippen molar-refractivity contribution in [1.82, 2.24) is 9.62 Å². The third-order valence-electron chi connectivity index (χ3n) is 5.40. The van der Waals surface area contributed by atoms with Crippen LogP contribution in [0.15, 0.2) is 59.5 Å². The van der Waals surface area contributed by atoms with E-state index in [9.17, 15) is 13.5 Å². The number of halogens is 1. The molecule has 0 bridgehead atoms. The second-order valence-corrected chi connectivity index (χ2v) is 8.97. The molecule has 8 heteroatoms. The lowest BCUT2D eigenvalue weighted by Gasteiger charge is -2.25. The molecule has 2 aromatic rings. The molecular weight excluding hydrogens is 388 g/mol. The Bertz CT molecular complexity index is 876. The Kier molecular flexibility index (Phi) is 5.79. The minimum atomic E-state index is -3.58. The van der Waals surface area contributed by atoms with Gasteiger partial charge < -0.3 is 15.2 Å². The SMILES string of the molecule is Cl.O=S(=O)(c1ccc(Oc2ccccc2)cc1)N1CC2CNCC2(CO)C1.